The summed E-state index contributed by atoms with van der Waals surface area (Å²) in [6, 6.07) is 0. The second-order valence-corrected chi connectivity index (χ2v) is 3.74. The van der Waals surface area contributed by atoms with Gasteiger partial charge in [-0.05, 0) is 33.9 Å². The summed E-state index contributed by atoms with van der Waals surface area (Å²) in [6.07, 6.45) is 0.972. The smallest absolute Gasteiger partial charge is 0.219 e. The second kappa shape index (κ2) is 4.45. The van der Waals surface area contributed by atoms with Crippen LogP contribution in [0.15, 0.2) is 0 Å². The molecule has 0 radical (unpaired) electrons. The minimum absolute atomic E-state index is 0.0468. The molecular formula is C9H20N2O. The minimum Gasteiger partial charge on any atom is -0.341 e. The standard InChI is InChI=1S/C9H20N2O/c1-8(12)11(5)9(2,3)6-7-10-4/h10H,6-7H2,1-5H3. The lowest BCUT2D eigenvalue weighted by atomic mass is 9.99. The highest BCUT2D eigenvalue weighted by Gasteiger charge is 2.24. The third-order valence-corrected chi connectivity index (χ3v) is 2.37. The molecule has 1 amide bonds. The highest BCUT2D eigenvalue weighted by Crippen LogP contribution is 2.15. The maximum absolute atomic E-state index is 11.1. The maximum atomic E-state index is 11.1. The normalized spacial score (nSPS) is 11.4. The van der Waals surface area contributed by atoms with Crippen LogP contribution in [0.4, 0.5) is 0 Å². The maximum Gasteiger partial charge on any atom is 0.219 e. The van der Waals surface area contributed by atoms with Crippen LogP contribution in [0.25, 0.3) is 0 Å². The second-order valence-electron chi connectivity index (χ2n) is 3.74. The van der Waals surface area contributed by atoms with Gasteiger partial charge in [0.2, 0.25) is 5.91 Å². The van der Waals surface area contributed by atoms with E-state index in [0.29, 0.717) is 0 Å². The van der Waals surface area contributed by atoms with Gasteiger partial charge in [-0.3, -0.25) is 4.79 Å². The van der Waals surface area contributed by atoms with Gasteiger partial charge in [-0.25, -0.2) is 0 Å². The van der Waals surface area contributed by atoms with E-state index in [9.17, 15) is 4.79 Å². The summed E-state index contributed by atoms with van der Waals surface area (Å²) < 4.78 is 0. The monoisotopic (exact) mass is 172 g/mol. The van der Waals surface area contributed by atoms with E-state index < -0.39 is 0 Å². The summed E-state index contributed by atoms with van der Waals surface area (Å²) in [7, 11) is 3.77. The number of hydrogen-bond donors (Lipinski definition) is 1. The fourth-order valence-corrected chi connectivity index (χ4v) is 1.02. The molecule has 0 aliphatic heterocycles. The van der Waals surface area contributed by atoms with Crippen LogP contribution in [0.1, 0.15) is 27.2 Å². The van der Waals surface area contributed by atoms with Crippen molar-refractivity contribution in [2.24, 2.45) is 0 Å². The Labute approximate surface area is 75.1 Å². The summed E-state index contributed by atoms with van der Waals surface area (Å²) in [5.41, 5.74) is -0.0468. The van der Waals surface area contributed by atoms with Gasteiger partial charge in [0.15, 0.2) is 0 Å². The molecule has 0 atom stereocenters. The number of carbonyl (C=O) groups is 1. The van der Waals surface area contributed by atoms with Crippen molar-refractivity contribution in [1.82, 2.24) is 10.2 Å². The fraction of sp³-hybridized carbons (Fsp3) is 0.889. The molecule has 0 aromatic heterocycles. The van der Waals surface area contributed by atoms with Crippen molar-refractivity contribution in [1.29, 1.82) is 0 Å². The molecule has 72 valence electrons. The predicted octanol–water partition coefficient (Wildman–Crippen LogP) is 0.853. The number of carbonyl (C=O) groups excluding carboxylic acids is 1. The molecule has 0 bridgehead atoms. The van der Waals surface area contributed by atoms with E-state index in [1.165, 1.54) is 0 Å². The first kappa shape index (κ1) is 11.4. The van der Waals surface area contributed by atoms with Crippen LogP contribution in [-0.2, 0) is 4.79 Å². The number of nitrogens with zero attached hydrogens (tertiary/aromatic N) is 1. The Morgan fingerprint density at radius 3 is 2.33 bits per heavy atom. The predicted molar refractivity (Wildman–Crippen MR) is 51.1 cm³/mol. The highest BCUT2D eigenvalue weighted by atomic mass is 16.2. The molecule has 1 N–H and O–H groups in total. The van der Waals surface area contributed by atoms with E-state index in [1.807, 2.05) is 14.1 Å². The first-order valence-corrected chi connectivity index (χ1v) is 4.31. The van der Waals surface area contributed by atoms with Gasteiger partial charge in [0.1, 0.15) is 0 Å². The average Bonchev–Trinajstić information content (AvgIpc) is 1.99. The van der Waals surface area contributed by atoms with E-state index in [1.54, 1.807) is 11.8 Å². The molecule has 0 aliphatic carbocycles. The van der Waals surface area contributed by atoms with E-state index >= 15 is 0 Å². The van der Waals surface area contributed by atoms with Gasteiger partial charge in [-0.2, -0.15) is 0 Å². The van der Waals surface area contributed by atoms with Crippen LogP contribution in [0.2, 0.25) is 0 Å². The van der Waals surface area contributed by atoms with Gasteiger partial charge < -0.3 is 10.2 Å². The van der Waals surface area contributed by atoms with Crippen LogP contribution in [0.3, 0.4) is 0 Å². The summed E-state index contributed by atoms with van der Waals surface area (Å²) >= 11 is 0. The third-order valence-electron chi connectivity index (χ3n) is 2.37. The van der Waals surface area contributed by atoms with Gasteiger partial charge in [0.05, 0.1) is 0 Å². The Bertz CT molecular complexity index is 155. The molecule has 0 fully saturated rings. The van der Waals surface area contributed by atoms with Crippen LogP contribution < -0.4 is 5.32 Å². The lowest BCUT2D eigenvalue weighted by molar-refractivity contribution is -0.132. The number of nitrogens with one attached hydrogen (secondary N) is 1. The van der Waals surface area contributed by atoms with Crippen LogP contribution in [0, 0.1) is 0 Å². The molecular weight excluding hydrogens is 152 g/mol. The molecule has 0 rings (SSSR count). The van der Waals surface area contributed by atoms with Crippen LogP contribution >= 0.6 is 0 Å². The Kier molecular flexibility index (Phi) is 4.24. The van der Waals surface area contributed by atoms with E-state index in [4.69, 9.17) is 0 Å². The average molecular weight is 172 g/mol. The molecule has 3 heteroatoms. The number of hydrogen-bond acceptors (Lipinski definition) is 2. The lowest BCUT2D eigenvalue weighted by Crippen LogP contribution is -2.45. The van der Waals surface area contributed by atoms with Gasteiger partial charge in [0, 0.05) is 19.5 Å². The van der Waals surface area contributed by atoms with Gasteiger partial charge in [0.25, 0.3) is 0 Å². The van der Waals surface area contributed by atoms with Crippen LogP contribution in [-0.4, -0.2) is 37.0 Å². The van der Waals surface area contributed by atoms with Gasteiger partial charge >= 0.3 is 0 Å². The van der Waals surface area contributed by atoms with Crippen molar-refractivity contribution in [3.63, 3.8) is 0 Å². The van der Waals surface area contributed by atoms with Crippen molar-refractivity contribution < 1.29 is 4.79 Å². The Hall–Kier alpha value is -0.570. The SMILES string of the molecule is CNCCC(C)(C)N(C)C(C)=O. The third kappa shape index (κ3) is 3.22. The van der Waals surface area contributed by atoms with Crippen molar-refractivity contribution in [3.8, 4) is 0 Å². The summed E-state index contributed by atoms with van der Waals surface area (Å²) in [5, 5.41) is 3.08. The Morgan fingerprint density at radius 1 is 1.50 bits per heavy atom. The molecule has 0 unspecified atom stereocenters. The molecule has 12 heavy (non-hydrogen) atoms. The zero-order chi connectivity index (χ0) is 9.78. The van der Waals surface area contributed by atoms with Crippen molar-refractivity contribution in [3.05, 3.63) is 0 Å². The van der Waals surface area contributed by atoms with Gasteiger partial charge in [-0.15, -0.1) is 0 Å². The highest BCUT2D eigenvalue weighted by molar-refractivity contribution is 5.73. The number of rotatable bonds is 4. The fourth-order valence-electron chi connectivity index (χ4n) is 1.02. The first-order valence-electron chi connectivity index (χ1n) is 4.31. The van der Waals surface area contributed by atoms with E-state index in [-0.39, 0.29) is 11.4 Å². The zero-order valence-corrected chi connectivity index (χ0v) is 8.77. The molecule has 3 nitrogen and oxygen atoms in total. The first-order chi connectivity index (χ1) is 5.41. The Morgan fingerprint density at radius 2 is 2.00 bits per heavy atom. The molecule has 0 aromatic carbocycles. The molecule has 0 aromatic rings. The minimum atomic E-state index is -0.0468. The van der Waals surface area contributed by atoms with E-state index in [0.717, 1.165) is 13.0 Å². The summed E-state index contributed by atoms with van der Waals surface area (Å²) in [4.78, 5) is 12.8. The molecule has 0 saturated carbocycles. The van der Waals surface area contributed by atoms with Crippen molar-refractivity contribution in [2.45, 2.75) is 32.7 Å². The zero-order valence-electron chi connectivity index (χ0n) is 8.77. The largest absolute Gasteiger partial charge is 0.341 e. The molecule has 0 spiro atoms. The molecule has 0 saturated heterocycles. The number of amides is 1. The molecule has 0 heterocycles. The topological polar surface area (TPSA) is 32.3 Å². The Balaban J connectivity index is 4.08. The lowest BCUT2D eigenvalue weighted by Gasteiger charge is -2.35. The van der Waals surface area contributed by atoms with Crippen LogP contribution in [0.5, 0.6) is 0 Å². The molecule has 0 aliphatic rings. The van der Waals surface area contributed by atoms with Crippen molar-refractivity contribution >= 4 is 5.91 Å². The van der Waals surface area contributed by atoms with Crippen molar-refractivity contribution in [2.75, 3.05) is 20.6 Å². The van der Waals surface area contributed by atoms with Gasteiger partial charge in [-0.1, -0.05) is 0 Å². The summed E-state index contributed by atoms with van der Waals surface area (Å²) in [5.74, 6) is 0.121. The quantitative estimate of drug-likeness (QED) is 0.682. The van der Waals surface area contributed by atoms with E-state index in [2.05, 4.69) is 19.2 Å². The summed E-state index contributed by atoms with van der Waals surface area (Å²) in [6.45, 7) is 6.68.